The van der Waals surface area contributed by atoms with Crippen molar-refractivity contribution in [2.24, 2.45) is 11.7 Å². The van der Waals surface area contributed by atoms with Gasteiger partial charge in [0.25, 0.3) is 0 Å². The van der Waals surface area contributed by atoms with Crippen LogP contribution in [0.5, 0.6) is 0 Å². The van der Waals surface area contributed by atoms with E-state index in [1.807, 2.05) is 19.3 Å². The molecular formula is C12H22N4. The summed E-state index contributed by atoms with van der Waals surface area (Å²) < 4.78 is 0. The molecule has 0 saturated heterocycles. The fraction of sp³-hybridized carbons (Fsp3) is 0.667. The SMILES string of the molecule is Cc1ncc(C(CN)N(C)CC(C)C)cn1. The molecule has 1 heterocycles. The number of likely N-dealkylation sites (N-methyl/N-ethyl adjacent to an activating group) is 1. The van der Waals surface area contributed by atoms with Crippen molar-refractivity contribution < 1.29 is 0 Å². The molecule has 0 spiro atoms. The van der Waals surface area contributed by atoms with E-state index in [1.54, 1.807) is 0 Å². The van der Waals surface area contributed by atoms with Crippen molar-refractivity contribution in [1.82, 2.24) is 14.9 Å². The van der Waals surface area contributed by atoms with Crippen LogP contribution in [0.1, 0.15) is 31.3 Å². The highest BCUT2D eigenvalue weighted by Crippen LogP contribution is 2.17. The monoisotopic (exact) mass is 222 g/mol. The lowest BCUT2D eigenvalue weighted by molar-refractivity contribution is 0.223. The van der Waals surface area contributed by atoms with Crippen LogP contribution in [0.25, 0.3) is 0 Å². The van der Waals surface area contributed by atoms with Gasteiger partial charge in [0.2, 0.25) is 0 Å². The van der Waals surface area contributed by atoms with Crippen LogP contribution >= 0.6 is 0 Å². The Hall–Kier alpha value is -1.00. The molecule has 1 aromatic heterocycles. The number of hydrogen-bond donors (Lipinski definition) is 1. The Bertz CT molecular complexity index is 307. The molecule has 1 aromatic rings. The van der Waals surface area contributed by atoms with E-state index < -0.39 is 0 Å². The van der Waals surface area contributed by atoms with Crippen molar-refractivity contribution >= 4 is 0 Å². The van der Waals surface area contributed by atoms with Crippen LogP contribution in [0.2, 0.25) is 0 Å². The summed E-state index contributed by atoms with van der Waals surface area (Å²) in [5, 5.41) is 0. The molecule has 1 atom stereocenters. The van der Waals surface area contributed by atoms with Crippen LogP contribution in [0.15, 0.2) is 12.4 Å². The van der Waals surface area contributed by atoms with Crippen molar-refractivity contribution in [2.45, 2.75) is 26.8 Å². The first-order chi connectivity index (χ1) is 7.54. The average molecular weight is 222 g/mol. The molecular weight excluding hydrogens is 200 g/mol. The normalized spacial score (nSPS) is 13.4. The third-order valence-corrected chi connectivity index (χ3v) is 2.59. The Kier molecular flexibility index (Phi) is 4.83. The van der Waals surface area contributed by atoms with Crippen molar-refractivity contribution in [3.8, 4) is 0 Å². The zero-order valence-corrected chi connectivity index (χ0v) is 10.6. The van der Waals surface area contributed by atoms with Gasteiger partial charge < -0.3 is 5.73 Å². The number of hydrogen-bond acceptors (Lipinski definition) is 4. The number of aryl methyl sites for hydroxylation is 1. The van der Waals surface area contributed by atoms with Crippen LogP contribution < -0.4 is 5.73 Å². The molecule has 2 N–H and O–H groups in total. The van der Waals surface area contributed by atoms with Crippen LogP contribution in [0, 0.1) is 12.8 Å². The van der Waals surface area contributed by atoms with Crippen molar-refractivity contribution in [1.29, 1.82) is 0 Å². The third kappa shape index (κ3) is 3.54. The summed E-state index contributed by atoms with van der Waals surface area (Å²) in [7, 11) is 2.09. The summed E-state index contributed by atoms with van der Waals surface area (Å²) in [5.74, 6) is 1.43. The van der Waals surface area contributed by atoms with E-state index in [4.69, 9.17) is 5.73 Å². The van der Waals surface area contributed by atoms with Crippen LogP contribution in [0.3, 0.4) is 0 Å². The molecule has 0 aromatic carbocycles. The minimum Gasteiger partial charge on any atom is -0.329 e. The molecule has 4 heteroatoms. The fourth-order valence-corrected chi connectivity index (χ4v) is 1.85. The first-order valence-corrected chi connectivity index (χ1v) is 5.73. The Morgan fingerprint density at radius 1 is 1.31 bits per heavy atom. The quantitative estimate of drug-likeness (QED) is 0.817. The molecule has 1 unspecified atom stereocenters. The van der Waals surface area contributed by atoms with Gasteiger partial charge in [0.05, 0.1) is 0 Å². The lowest BCUT2D eigenvalue weighted by atomic mass is 10.1. The predicted octanol–water partition coefficient (Wildman–Crippen LogP) is 1.37. The van der Waals surface area contributed by atoms with Gasteiger partial charge >= 0.3 is 0 Å². The Balaban J connectivity index is 2.77. The number of nitrogens with two attached hydrogens (primary N) is 1. The van der Waals surface area contributed by atoms with E-state index >= 15 is 0 Å². The summed E-state index contributed by atoms with van der Waals surface area (Å²) in [6, 6.07) is 0.211. The highest BCUT2D eigenvalue weighted by molar-refractivity contribution is 5.11. The van der Waals surface area contributed by atoms with Crippen LogP contribution in [-0.2, 0) is 0 Å². The van der Waals surface area contributed by atoms with E-state index in [0.29, 0.717) is 12.5 Å². The Labute approximate surface area is 97.9 Å². The zero-order chi connectivity index (χ0) is 12.1. The summed E-state index contributed by atoms with van der Waals surface area (Å²) in [4.78, 5) is 10.7. The molecule has 0 bridgehead atoms. The van der Waals surface area contributed by atoms with Crippen molar-refractivity contribution in [3.63, 3.8) is 0 Å². The minimum absolute atomic E-state index is 0.211. The average Bonchev–Trinajstić information content (AvgIpc) is 2.21. The van der Waals surface area contributed by atoms with Gasteiger partial charge in [-0.3, -0.25) is 4.90 Å². The Morgan fingerprint density at radius 2 is 1.88 bits per heavy atom. The maximum absolute atomic E-state index is 5.82. The molecule has 4 nitrogen and oxygen atoms in total. The summed E-state index contributed by atoms with van der Waals surface area (Å²) in [6.07, 6.45) is 3.74. The van der Waals surface area contributed by atoms with Crippen LogP contribution in [-0.4, -0.2) is 35.0 Å². The molecule has 0 amide bonds. The maximum atomic E-state index is 5.82. The molecule has 0 aliphatic rings. The van der Waals surface area contributed by atoms with Gasteiger partial charge in [-0.25, -0.2) is 9.97 Å². The minimum atomic E-state index is 0.211. The highest BCUT2D eigenvalue weighted by atomic mass is 15.1. The van der Waals surface area contributed by atoms with E-state index in [1.165, 1.54) is 0 Å². The summed E-state index contributed by atoms with van der Waals surface area (Å²) in [6.45, 7) is 7.91. The first-order valence-electron chi connectivity index (χ1n) is 5.73. The predicted molar refractivity (Wildman–Crippen MR) is 66.0 cm³/mol. The lowest BCUT2D eigenvalue weighted by Gasteiger charge is -2.28. The number of nitrogens with zero attached hydrogens (tertiary/aromatic N) is 3. The second-order valence-corrected chi connectivity index (χ2v) is 4.65. The molecule has 0 saturated carbocycles. The molecule has 0 aliphatic heterocycles. The van der Waals surface area contributed by atoms with Gasteiger partial charge in [0.1, 0.15) is 5.82 Å². The molecule has 0 radical (unpaired) electrons. The third-order valence-electron chi connectivity index (χ3n) is 2.59. The van der Waals surface area contributed by atoms with Gasteiger partial charge in [-0.05, 0) is 19.9 Å². The molecule has 0 fully saturated rings. The standard InChI is InChI=1S/C12H22N4/c1-9(2)8-16(4)12(5-13)11-6-14-10(3)15-7-11/h6-7,9,12H,5,8,13H2,1-4H3. The molecule has 1 rings (SSSR count). The van der Waals surface area contributed by atoms with E-state index in [9.17, 15) is 0 Å². The second kappa shape index (κ2) is 5.92. The van der Waals surface area contributed by atoms with E-state index in [0.717, 1.165) is 17.9 Å². The summed E-state index contributed by atoms with van der Waals surface area (Å²) >= 11 is 0. The lowest BCUT2D eigenvalue weighted by Crippen LogP contribution is -2.33. The van der Waals surface area contributed by atoms with Crippen molar-refractivity contribution in [2.75, 3.05) is 20.1 Å². The van der Waals surface area contributed by atoms with E-state index in [-0.39, 0.29) is 6.04 Å². The van der Waals surface area contributed by atoms with Crippen molar-refractivity contribution in [3.05, 3.63) is 23.8 Å². The maximum Gasteiger partial charge on any atom is 0.125 e. The van der Waals surface area contributed by atoms with Gasteiger partial charge in [-0.15, -0.1) is 0 Å². The van der Waals surface area contributed by atoms with Gasteiger partial charge in [-0.2, -0.15) is 0 Å². The number of aromatic nitrogens is 2. The largest absolute Gasteiger partial charge is 0.329 e. The summed E-state index contributed by atoms with van der Waals surface area (Å²) in [5.41, 5.74) is 6.92. The van der Waals surface area contributed by atoms with Crippen LogP contribution in [0.4, 0.5) is 0 Å². The smallest absolute Gasteiger partial charge is 0.125 e. The zero-order valence-electron chi connectivity index (χ0n) is 10.6. The van der Waals surface area contributed by atoms with Gasteiger partial charge in [-0.1, -0.05) is 13.8 Å². The molecule has 0 aliphatic carbocycles. The Morgan fingerprint density at radius 3 is 2.31 bits per heavy atom. The molecule has 90 valence electrons. The topological polar surface area (TPSA) is 55.0 Å². The fourth-order valence-electron chi connectivity index (χ4n) is 1.85. The molecule has 16 heavy (non-hydrogen) atoms. The number of rotatable bonds is 5. The second-order valence-electron chi connectivity index (χ2n) is 4.65. The van der Waals surface area contributed by atoms with Gasteiger partial charge in [0, 0.05) is 37.1 Å². The first kappa shape index (κ1) is 13.1. The highest BCUT2D eigenvalue weighted by Gasteiger charge is 2.16. The van der Waals surface area contributed by atoms with E-state index in [2.05, 4.69) is 35.8 Å². The van der Waals surface area contributed by atoms with Gasteiger partial charge in [0.15, 0.2) is 0 Å².